The third kappa shape index (κ3) is 34.4. The zero-order chi connectivity index (χ0) is 33.5. The SMILES string of the molecule is CCC/C=C\CCCCCCCC(=O)OC(COCCCCCCCCCCCCCCC)COP(=O)(O)OCC[N+](C)(C)C. The molecule has 1 N–H and O–H groups in total. The van der Waals surface area contributed by atoms with E-state index in [1.54, 1.807) is 0 Å². The molecule has 0 rings (SSSR count). The number of phosphoric ester groups is 1. The van der Waals surface area contributed by atoms with E-state index >= 15 is 0 Å². The van der Waals surface area contributed by atoms with Crippen molar-refractivity contribution >= 4 is 13.8 Å². The molecule has 0 aliphatic carbocycles. The van der Waals surface area contributed by atoms with E-state index < -0.39 is 13.9 Å². The van der Waals surface area contributed by atoms with Gasteiger partial charge in [0, 0.05) is 13.0 Å². The summed E-state index contributed by atoms with van der Waals surface area (Å²) in [6, 6.07) is 0. The number of phosphoric acid groups is 1. The molecule has 9 heteroatoms. The quantitative estimate of drug-likeness (QED) is 0.0241. The first-order valence-electron chi connectivity index (χ1n) is 18.4. The Bertz CT molecular complexity index is 741. The molecule has 45 heavy (non-hydrogen) atoms. The molecule has 0 saturated heterocycles. The van der Waals surface area contributed by atoms with Crippen LogP contribution in [0.3, 0.4) is 0 Å². The largest absolute Gasteiger partial charge is 0.472 e. The third-order valence-electron chi connectivity index (χ3n) is 7.81. The molecule has 2 atom stereocenters. The molecule has 0 heterocycles. The van der Waals surface area contributed by atoms with Crippen molar-refractivity contribution in [3.63, 3.8) is 0 Å². The summed E-state index contributed by atoms with van der Waals surface area (Å²) in [7, 11) is 1.67. The fourth-order valence-corrected chi connectivity index (χ4v) is 5.65. The van der Waals surface area contributed by atoms with Gasteiger partial charge < -0.3 is 18.9 Å². The lowest BCUT2D eigenvalue weighted by atomic mass is 10.0. The molecule has 8 nitrogen and oxygen atoms in total. The number of unbranched alkanes of at least 4 members (excludes halogenated alkanes) is 18. The van der Waals surface area contributed by atoms with Gasteiger partial charge in [0.25, 0.3) is 0 Å². The number of allylic oxidation sites excluding steroid dienone is 2. The molecular weight excluding hydrogens is 589 g/mol. The Hall–Kier alpha value is -0.760. The van der Waals surface area contributed by atoms with Crippen molar-refractivity contribution in [1.29, 1.82) is 0 Å². The van der Waals surface area contributed by atoms with E-state index in [0.717, 1.165) is 51.4 Å². The van der Waals surface area contributed by atoms with E-state index in [2.05, 4.69) is 26.0 Å². The van der Waals surface area contributed by atoms with Gasteiger partial charge in [-0.05, 0) is 32.1 Å². The number of esters is 1. The Morgan fingerprint density at radius 3 is 1.78 bits per heavy atom. The highest BCUT2D eigenvalue weighted by atomic mass is 31.2. The van der Waals surface area contributed by atoms with Gasteiger partial charge in [0.05, 0.1) is 34.4 Å². The summed E-state index contributed by atoms with van der Waals surface area (Å²) in [5.41, 5.74) is 0. The third-order valence-corrected chi connectivity index (χ3v) is 8.79. The van der Waals surface area contributed by atoms with Gasteiger partial charge in [0.15, 0.2) is 0 Å². The monoisotopic (exact) mass is 663 g/mol. The number of ether oxygens (including phenoxy) is 2. The van der Waals surface area contributed by atoms with Crippen LogP contribution in [0.4, 0.5) is 0 Å². The van der Waals surface area contributed by atoms with Gasteiger partial charge in [0.1, 0.15) is 19.3 Å². The standard InChI is InChI=1S/C36H72NO7P/c1-6-8-10-12-14-16-18-19-20-22-24-26-28-31-41-33-35(34-43-45(39,40)42-32-30-37(3,4)5)44-36(38)29-27-25-23-21-17-15-13-11-9-7-2/h11,13,35H,6-10,12,14-34H2,1-5H3/p+1/b13-11-. The van der Waals surface area contributed by atoms with Gasteiger partial charge >= 0.3 is 13.8 Å². The molecule has 268 valence electrons. The van der Waals surface area contributed by atoms with Crippen molar-refractivity contribution in [2.75, 3.05) is 54.1 Å². The van der Waals surface area contributed by atoms with Crippen LogP contribution in [0.1, 0.15) is 155 Å². The van der Waals surface area contributed by atoms with Crippen LogP contribution in [-0.2, 0) is 27.9 Å². The molecule has 0 aromatic heterocycles. The summed E-state index contributed by atoms with van der Waals surface area (Å²) in [5, 5.41) is 0. The van der Waals surface area contributed by atoms with Crippen molar-refractivity contribution in [3.8, 4) is 0 Å². The van der Waals surface area contributed by atoms with Gasteiger partial charge in [-0.25, -0.2) is 4.57 Å². The summed E-state index contributed by atoms with van der Waals surface area (Å²) < 4.78 is 34.8. The van der Waals surface area contributed by atoms with E-state index in [1.807, 2.05) is 21.1 Å². The van der Waals surface area contributed by atoms with Gasteiger partial charge in [-0.2, -0.15) is 0 Å². The number of hydrogen-bond donors (Lipinski definition) is 1. The van der Waals surface area contributed by atoms with E-state index in [0.29, 0.717) is 24.1 Å². The lowest BCUT2D eigenvalue weighted by Gasteiger charge is -2.24. The maximum absolute atomic E-state index is 12.5. The van der Waals surface area contributed by atoms with Crippen LogP contribution >= 0.6 is 7.82 Å². The van der Waals surface area contributed by atoms with Crippen LogP contribution in [0, 0.1) is 0 Å². The minimum atomic E-state index is -4.26. The molecule has 0 fully saturated rings. The Balaban J connectivity index is 4.30. The first kappa shape index (κ1) is 44.2. The molecule has 0 amide bonds. The highest BCUT2D eigenvalue weighted by Crippen LogP contribution is 2.43. The zero-order valence-corrected chi connectivity index (χ0v) is 31.0. The predicted octanol–water partition coefficient (Wildman–Crippen LogP) is 9.93. The fraction of sp³-hybridized carbons (Fsp3) is 0.917. The highest BCUT2D eigenvalue weighted by molar-refractivity contribution is 7.47. The molecule has 0 aliphatic heterocycles. The smallest absolute Gasteiger partial charge is 0.457 e. The molecule has 0 spiro atoms. The Morgan fingerprint density at radius 2 is 1.20 bits per heavy atom. The maximum Gasteiger partial charge on any atom is 0.472 e. The summed E-state index contributed by atoms with van der Waals surface area (Å²) in [6.07, 6.45) is 29.5. The molecule has 0 aromatic rings. The number of carbonyl (C=O) groups is 1. The van der Waals surface area contributed by atoms with Gasteiger partial charge in [-0.1, -0.05) is 129 Å². The second-order valence-corrected chi connectivity index (χ2v) is 15.1. The fourth-order valence-electron chi connectivity index (χ4n) is 4.91. The average molecular weight is 663 g/mol. The molecule has 0 bridgehead atoms. The second kappa shape index (κ2) is 30.6. The van der Waals surface area contributed by atoms with E-state index in [9.17, 15) is 14.3 Å². The van der Waals surface area contributed by atoms with Crippen LogP contribution in [0.25, 0.3) is 0 Å². The van der Waals surface area contributed by atoms with Crippen LogP contribution in [0.5, 0.6) is 0 Å². The van der Waals surface area contributed by atoms with Crippen LogP contribution < -0.4 is 0 Å². The number of likely N-dealkylation sites (N-methyl/N-ethyl adjacent to an activating group) is 1. The summed E-state index contributed by atoms with van der Waals surface area (Å²) in [5.74, 6) is -0.325. The number of hydrogen-bond acceptors (Lipinski definition) is 6. The minimum Gasteiger partial charge on any atom is -0.457 e. The maximum atomic E-state index is 12.5. The molecule has 0 radical (unpaired) electrons. The van der Waals surface area contributed by atoms with Crippen LogP contribution in [-0.4, -0.2) is 75.6 Å². The molecular formula is C36H73NO7P+. The number of nitrogens with zero attached hydrogens (tertiary/aromatic N) is 1. The lowest BCUT2D eigenvalue weighted by Crippen LogP contribution is -2.37. The molecule has 0 aliphatic rings. The van der Waals surface area contributed by atoms with Gasteiger partial charge in [-0.3, -0.25) is 13.8 Å². The Labute approximate surface area is 278 Å². The van der Waals surface area contributed by atoms with Crippen molar-refractivity contribution in [3.05, 3.63) is 12.2 Å². The molecule has 2 unspecified atom stereocenters. The van der Waals surface area contributed by atoms with Gasteiger partial charge in [-0.15, -0.1) is 0 Å². The average Bonchev–Trinajstić information content (AvgIpc) is 2.98. The van der Waals surface area contributed by atoms with Crippen LogP contribution in [0.2, 0.25) is 0 Å². The number of carbonyl (C=O) groups excluding carboxylic acids is 1. The number of rotatable bonds is 34. The van der Waals surface area contributed by atoms with Gasteiger partial charge in [0.2, 0.25) is 0 Å². The van der Waals surface area contributed by atoms with Crippen molar-refractivity contribution < 1.29 is 37.3 Å². The van der Waals surface area contributed by atoms with E-state index in [1.165, 1.54) is 83.5 Å². The Kier molecular flexibility index (Phi) is 30.0. The first-order valence-corrected chi connectivity index (χ1v) is 19.9. The van der Waals surface area contributed by atoms with Crippen molar-refractivity contribution in [2.45, 2.75) is 161 Å². The summed E-state index contributed by atoms with van der Waals surface area (Å²) in [4.78, 5) is 22.7. The number of quaternary nitrogens is 1. The topological polar surface area (TPSA) is 91.3 Å². The normalized spacial score (nSPS) is 14.2. The minimum absolute atomic E-state index is 0.0896. The Morgan fingerprint density at radius 1 is 0.667 bits per heavy atom. The van der Waals surface area contributed by atoms with E-state index in [4.69, 9.17) is 18.5 Å². The second-order valence-electron chi connectivity index (χ2n) is 13.6. The van der Waals surface area contributed by atoms with Crippen molar-refractivity contribution in [1.82, 2.24) is 0 Å². The lowest BCUT2D eigenvalue weighted by molar-refractivity contribution is -0.870. The summed E-state index contributed by atoms with van der Waals surface area (Å²) in [6.45, 7) is 5.56. The molecule has 0 aromatic carbocycles. The van der Waals surface area contributed by atoms with Crippen molar-refractivity contribution in [2.24, 2.45) is 0 Å². The highest BCUT2D eigenvalue weighted by Gasteiger charge is 2.26. The van der Waals surface area contributed by atoms with Crippen LogP contribution in [0.15, 0.2) is 12.2 Å². The van der Waals surface area contributed by atoms with E-state index in [-0.39, 0.29) is 25.8 Å². The summed E-state index contributed by atoms with van der Waals surface area (Å²) >= 11 is 0. The predicted molar refractivity (Wildman–Crippen MR) is 187 cm³/mol. The molecule has 0 saturated carbocycles. The zero-order valence-electron chi connectivity index (χ0n) is 30.1. The first-order chi connectivity index (χ1) is 21.6.